The number of hydrogen-bond donors (Lipinski definition) is 0. The summed E-state index contributed by atoms with van der Waals surface area (Å²) in [7, 11) is -1.77. The van der Waals surface area contributed by atoms with Gasteiger partial charge in [0.1, 0.15) is 0 Å². The summed E-state index contributed by atoms with van der Waals surface area (Å²) in [5.74, 6) is 0. The van der Waals surface area contributed by atoms with E-state index in [1.165, 1.54) is 11.1 Å². The molecule has 0 saturated carbocycles. The summed E-state index contributed by atoms with van der Waals surface area (Å²) in [5.41, 5.74) is 2.38. The third-order valence-electron chi connectivity index (χ3n) is 5.19. The van der Waals surface area contributed by atoms with E-state index < -0.39 is 15.3 Å². The van der Waals surface area contributed by atoms with Crippen LogP contribution in [0, 0.1) is 0 Å². The van der Waals surface area contributed by atoms with E-state index in [9.17, 15) is 0 Å². The van der Waals surface area contributed by atoms with Crippen molar-refractivity contribution in [2.45, 2.75) is 39.3 Å². The van der Waals surface area contributed by atoms with Gasteiger partial charge in [0.25, 0.3) is 6.48 Å². The van der Waals surface area contributed by atoms with Crippen LogP contribution in [0.1, 0.15) is 25.0 Å². The summed E-state index contributed by atoms with van der Waals surface area (Å²) < 4.78 is 30.8. The molecule has 3 aromatic rings. The highest BCUT2D eigenvalue weighted by Crippen LogP contribution is 2.21. The monoisotopic (exact) mass is 466 g/mol. The summed E-state index contributed by atoms with van der Waals surface area (Å²) in [6, 6.07) is 30.5. The Morgan fingerprint density at radius 3 is 1.52 bits per heavy atom. The van der Waals surface area contributed by atoms with Crippen molar-refractivity contribution in [3.63, 3.8) is 0 Å². The molecule has 0 N–H and O–H groups in total. The van der Waals surface area contributed by atoms with Crippen LogP contribution >= 0.6 is 0 Å². The zero-order chi connectivity index (χ0) is 23.4. The average Bonchev–Trinajstić information content (AvgIpc) is 2.85. The van der Waals surface area contributed by atoms with Crippen LogP contribution < -0.4 is 5.19 Å². The molecule has 1 unspecified atom stereocenters. The summed E-state index contributed by atoms with van der Waals surface area (Å²) in [4.78, 5) is 0. The van der Waals surface area contributed by atoms with Crippen LogP contribution in [0.2, 0.25) is 0 Å². The van der Waals surface area contributed by atoms with Gasteiger partial charge in [-0.15, -0.1) is 0 Å². The maximum Gasteiger partial charge on any atom is 0.540 e. The lowest BCUT2D eigenvalue weighted by Gasteiger charge is -2.35. The molecule has 0 amide bonds. The van der Waals surface area contributed by atoms with E-state index in [0.717, 1.165) is 18.0 Å². The highest BCUT2D eigenvalue weighted by atomic mass is 28.4. The third kappa shape index (κ3) is 7.60. The largest absolute Gasteiger partial charge is 0.540 e. The molecule has 0 fully saturated rings. The van der Waals surface area contributed by atoms with Gasteiger partial charge in [-0.2, -0.15) is 0 Å². The van der Waals surface area contributed by atoms with Gasteiger partial charge in [-0.05, 0) is 37.8 Å². The third-order valence-corrected chi connectivity index (χ3v) is 7.91. The second-order valence-electron chi connectivity index (χ2n) is 7.56. The molecule has 6 heteroatoms. The Morgan fingerprint density at radius 2 is 1.09 bits per heavy atom. The number of ether oxygens (including phenoxy) is 2. The highest BCUT2D eigenvalue weighted by Gasteiger charge is 2.48. The van der Waals surface area contributed by atoms with Crippen molar-refractivity contribution in [2.24, 2.45) is 0 Å². The van der Waals surface area contributed by atoms with Crippen LogP contribution in [0.25, 0.3) is 0 Å². The first-order valence-electron chi connectivity index (χ1n) is 11.5. The van der Waals surface area contributed by atoms with Crippen LogP contribution in [-0.4, -0.2) is 41.7 Å². The topological polar surface area (TPSA) is 46.2 Å². The molecule has 3 rings (SSSR count). The van der Waals surface area contributed by atoms with E-state index in [4.69, 9.17) is 22.8 Å². The molecule has 3 aromatic carbocycles. The summed E-state index contributed by atoms with van der Waals surface area (Å²) >= 11 is 0. The lowest BCUT2D eigenvalue weighted by Crippen LogP contribution is -2.60. The normalized spacial score (nSPS) is 13.4. The van der Waals surface area contributed by atoms with E-state index in [0.29, 0.717) is 13.2 Å². The van der Waals surface area contributed by atoms with Crippen molar-refractivity contribution in [2.75, 3.05) is 20.3 Å². The summed E-state index contributed by atoms with van der Waals surface area (Å²) in [6.07, 6.45) is 1.26. The maximum absolute atomic E-state index is 6.84. The van der Waals surface area contributed by atoms with Crippen LogP contribution in [0.5, 0.6) is 0 Å². The van der Waals surface area contributed by atoms with Gasteiger partial charge in [0.15, 0.2) is 0 Å². The molecule has 0 aliphatic carbocycles. The highest BCUT2D eigenvalue weighted by molar-refractivity contribution is 6.75. The van der Waals surface area contributed by atoms with Gasteiger partial charge in [0.05, 0.1) is 6.10 Å². The van der Waals surface area contributed by atoms with Crippen molar-refractivity contribution in [1.29, 1.82) is 0 Å². The number of benzene rings is 3. The van der Waals surface area contributed by atoms with Crippen LogP contribution in [0.4, 0.5) is 0 Å². The Morgan fingerprint density at radius 1 is 0.636 bits per heavy atom. The molecule has 0 radical (unpaired) electrons. The van der Waals surface area contributed by atoms with Crippen molar-refractivity contribution >= 4 is 14.0 Å². The Kier molecular flexibility index (Phi) is 10.3. The van der Waals surface area contributed by atoms with Crippen molar-refractivity contribution in [3.8, 4) is 0 Å². The number of hydrogen-bond acceptors (Lipinski definition) is 5. The fourth-order valence-corrected chi connectivity index (χ4v) is 6.02. The number of rotatable bonds is 14. The van der Waals surface area contributed by atoms with Crippen molar-refractivity contribution < 1.29 is 22.8 Å². The van der Waals surface area contributed by atoms with Gasteiger partial charge in [-0.1, -0.05) is 91.0 Å². The van der Waals surface area contributed by atoms with E-state index in [1.54, 1.807) is 7.11 Å². The zero-order valence-electron chi connectivity index (χ0n) is 19.7. The molecule has 33 heavy (non-hydrogen) atoms. The Bertz CT molecular complexity index is 862. The Balaban J connectivity index is 1.95. The van der Waals surface area contributed by atoms with E-state index in [1.807, 2.05) is 80.6 Å². The minimum Gasteiger partial charge on any atom is -0.373 e. The minimum absolute atomic E-state index is 0.175. The predicted molar refractivity (Wildman–Crippen MR) is 132 cm³/mol. The average molecular weight is 467 g/mol. The van der Waals surface area contributed by atoms with Gasteiger partial charge in [-0.25, -0.2) is 0 Å². The molecule has 0 heterocycles. The Hall–Kier alpha value is -2.32. The van der Waals surface area contributed by atoms with Crippen molar-refractivity contribution in [3.05, 3.63) is 102 Å². The quantitative estimate of drug-likeness (QED) is 0.254. The van der Waals surface area contributed by atoms with Crippen LogP contribution in [0.3, 0.4) is 0 Å². The first kappa shape index (κ1) is 25.3. The molecule has 0 aromatic heterocycles. The fourth-order valence-electron chi connectivity index (χ4n) is 3.66. The summed E-state index contributed by atoms with van der Waals surface area (Å²) in [5, 5.41) is 0.864. The smallest absolute Gasteiger partial charge is 0.373 e. The summed E-state index contributed by atoms with van der Waals surface area (Å²) in [6.45, 7) is 3.84. The SMILES string of the molecule is CCOC(OCC)O[Si](OC)(OC(Cc1ccccc1)Cc1ccccc1)c1ccccc1. The molecule has 0 aliphatic rings. The van der Waals surface area contributed by atoms with Gasteiger partial charge in [-0.3, -0.25) is 0 Å². The van der Waals surface area contributed by atoms with Gasteiger partial charge < -0.3 is 22.8 Å². The van der Waals surface area contributed by atoms with Crippen LogP contribution in [-0.2, 0) is 35.6 Å². The molecular weight excluding hydrogens is 432 g/mol. The molecule has 0 saturated heterocycles. The lowest BCUT2D eigenvalue weighted by atomic mass is 10.0. The first-order valence-corrected chi connectivity index (χ1v) is 13.2. The Labute approximate surface area is 198 Å². The second kappa shape index (κ2) is 13.4. The van der Waals surface area contributed by atoms with Crippen molar-refractivity contribution in [1.82, 2.24) is 0 Å². The zero-order valence-corrected chi connectivity index (χ0v) is 20.7. The molecule has 0 bridgehead atoms. The van der Waals surface area contributed by atoms with Gasteiger partial charge >= 0.3 is 8.80 Å². The molecular formula is C27H34O5Si. The standard InChI is InChI=1S/C27H34O5Si/c1-4-29-27(30-5-2)32-33(28-3,26-19-13-8-14-20-26)31-25(21-23-15-9-6-10-16-23)22-24-17-11-7-12-18-24/h6-20,25,27H,4-5,21-22H2,1-3H3. The molecule has 176 valence electrons. The first-order chi connectivity index (χ1) is 16.2. The van der Waals surface area contributed by atoms with Gasteiger partial charge in [0.2, 0.25) is 0 Å². The molecule has 1 atom stereocenters. The van der Waals surface area contributed by atoms with Gasteiger partial charge in [0, 0.05) is 25.5 Å². The maximum atomic E-state index is 6.84. The van der Waals surface area contributed by atoms with E-state index >= 15 is 0 Å². The predicted octanol–water partition coefficient (Wildman–Crippen LogP) is 4.72. The second-order valence-corrected chi connectivity index (χ2v) is 10.1. The molecule has 5 nitrogen and oxygen atoms in total. The van der Waals surface area contributed by atoms with Crippen LogP contribution in [0.15, 0.2) is 91.0 Å². The molecule has 0 spiro atoms. The fraction of sp³-hybridized carbons (Fsp3) is 0.333. The van der Waals surface area contributed by atoms with E-state index in [2.05, 4.69) is 24.3 Å². The minimum atomic E-state index is -3.40. The lowest BCUT2D eigenvalue weighted by molar-refractivity contribution is -0.261. The molecule has 0 aliphatic heterocycles. The van der Waals surface area contributed by atoms with E-state index in [-0.39, 0.29) is 6.10 Å².